The molecule has 0 aliphatic rings. The zero-order valence-corrected chi connectivity index (χ0v) is 11.9. The Balaban J connectivity index is 3.07. The van der Waals surface area contributed by atoms with Gasteiger partial charge in [-0.3, -0.25) is 5.41 Å². The summed E-state index contributed by atoms with van der Waals surface area (Å²) in [5.74, 6) is 0.772. The summed E-state index contributed by atoms with van der Waals surface area (Å²) in [5, 5.41) is 7.99. The molecule has 0 fully saturated rings. The topological polar surface area (TPSA) is 93.9 Å². The number of carbonyl (C=O) groups is 1. The summed E-state index contributed by atoms with van der Waals surface area (Å²) in [6.45, 7) is 3.83. The predicted molar refractivity (Wildman–Crippen MR) is 74.3 cm³/mol. The Morgan fingerprint density at radius 2 is 2.15 bits per heavy atom. The van der Waals surface area contributed by atoms with E-state index in [1.807, 2.05) is 6.92 Å². The summed E-state index contributed by atoms with van der Waals surface area (Å²) in [5.41, 5.74) is 0.761. The van der Waals surface area contributed by atoms with E-state index < -0.39 is 6.09 Å². The average molecular weight is 279 g/mol. The molecule has 0 spiro atoms. The summed E-state index contributed by atoms with van der Waals surface area (Å²) in [7, 11) is 2.71. The van der Waals surface area contributed by atoms with Crippen molar-refractivity contribution in [1.29, 1.82) is 5.41 Å². The Labute approximate surface area is 117 Å². The van der Waals surface area contributed by atoms with E-state index in [4.69, 9.17) is 14.9 Å². The van der Waals surface area contributed by atoms with Gasteiger partial charge in [0.05, 0.1) is 32.2 Å². The highest BCUT2D eigenvalue weighted by atomic mass is 16.5. The molecule has 108 valence electrons. The van der Waals surface area contributed by atoms with Gasteiger partial charge in [-0.05, 0) is 19.9 Å². The van der Waals surface area contributed by atoms with Crippen LogP contribution in [0, 0.1) is 5.41 Å². The van der Waals surface area contributed by atoms with Gasteiger partial charge >= 0.3 is 6.09 Å². The van der Waals surface area contributed by atoms with Crippen LogP contribution in [0.3, 0.4) is 0 Å². The minimum absolute atomic E-state index is 0.0616. The fraction of sp³-hybridized carbons (Fsp3) is 0.385. The number of hydrogen-bond donors (Lipinski definition) is 1. The van der Waals surface area contributed by atoms with Crippen molar-refractivity contribution >= 4 is 17.5 Å². The number of aromatic nitrogens is 1. The number of hydrogen-bond acceptors (Lipinski definition) is 6. The SMILES string of the molecule is CCOc1cc(C(=N)/C(C)=N/C(=O)OC)cnc1OC. The lowest BCUT2D eigenvalue weighted by Crippen LogP contribution is -2.14. The molecule has 0 saturated heterocycles. The molecule has 1 heterocycles. The van der Waals surface area contributed by atoms with Gasteiger partial charge < -0.3 is 14.2 Å². The molecule has 1 amide bonds. The summed E-state index contributed by atoms with van der Waals surface area (Å²) in [6.07, 6.45) is 0.707. The first-order valence-corrected chi connectivity index (χ1v) is 5.92. The minimum Gasteiger partial charge on any atom is -0.488 e. The van der Waals surface area contributed by atoms with E-state index in [0.29, 0.717) is 23.8 Å². The van der Waals surface area contributed by atoms with Crippen molar-refractivity contribution in [1.82, 2.24) is 4.98 Å². The van der Waals surface area contributed by atoms with Crippen LogP contribution in [0.1, 0.15) is 19.4 Å². The van der Waals surface area contributed by atoms with Gasteiger partial charge in [0.2, 0.25) is 0 Å². The van der Waals surface area contributed by atoms with E-state index in [2.05, 4.69) is 14.7 Å². The van der Waals surface area contributed by atoms with E-state index in [0.717, 1.165) is 0 Å². The maximum Gasteiger partial charge on any atom is 0.433 e. The van der Waals surface area contributed by atoms with Crippen LogP contribution >= 0.6 is 0 Å². The molecule has 0 unspecified atom stereocenters. The fourth-order valence-electron chi connectivity index (χ4n) is 1.43. The molecule has 0 aliphatic carbocycles. The van der Waals surface area contributed by atoms with Gasteiger partial charge in [0.15, 0.2) is 5.75 Å². The van der Waals surface area contributed by atoms with Gasteiger partial charge in [0.1, 0.15) is 0 Å². The molecule has 1 rings (SSSR count). The Hall–Kier alpha value is -2.44. The molecule has 0 atom stereocenters. The lowest BCUT2D eigenvalue weighted by Gasteiger charge is -2.10. The number of amides is 1. The number of nitrogens with one attached hydrogen (secondary N) is 1. The van der Waals surface area contributed by atoms with Crippen LogP contribution in [-0.4, -0.2) is 43.3 Å². The molecular weight excluding hydrogens is 262 g/mol. The zero-order valence-electron chi connectivity index (χ0n) is 11.9. The first-order chi connectivity index (χ1) is 9.53. The Bertz CT molecular complexity index is 540. The van der Waals surface area contributed by atoms with Crippen molar-refractivity contribution < 1.29 is 19.0 Å². The second-order valence-corrected chi connectivity index (χ2v) is 3.71. The third-order valence-corrected chi connectivity index (χ3v) is 2.40. The predicted octanol–water partition coefficient (Wildman–Crippen LogP) is 2.08. The van der Waals surface area contributed by atoms with Crippen molar-refractivity contribution in [2.45, 2.75) is 13.8 Å². The molecule has 0 bridgehead atoms. The highest BCUT2D eigenvalue weighted by Gasteiger charge is 2.13. The van der Waals surface area contributed by atoms with E-state index in [9.17, 15) is 4.79 Å². The van der Waals surface area contributed by atoms with Gasteiger partial charge in [0, 0.05) is 11.8 Å². The quantitative estimate of drug-likeness (QED) is 0.833. The van der Waals surface area contributed by atoms with E-state index in [1.54, 1.807) is 13.0 Å². The Morgan fingerprint density at radius 3 is 2.70 bits per heavy atom. The number of methoxy groups -OCH3 is 2. The van der Waals surface area contributed by atoms with Crippen molar-refractivity contribution in [3.8, 4) is 11.6 Å². The summed E-state index contributed by atoms with van der Waals surface area (Å²) < 4.78 is 14.9. The largest absolute Gasteiger partial charge is 0.488 e. The van der Waals surface area contributed by atoms with Gasteiger partial charge in [-0.2, -0.15) is 4.99 Å². The van der Waals surface area contributed by atoms with Crippen molar-refractivity contribution in [3.05, 3.63) is 17.8 Å². The van der Waals surface area contributed by atoms with Crippen molar-refractivity contribution in [2.75, 3.05) is 20.8 Å². The number of aliphatic imine (C=N–C) groups is 1. The van der Waals surface area contributed by atoms with Crippen LogP contribution in [0.15, 0.2) is 17.3 Å². The van der Waals surface area contributed by atoms with Gasteiger partial charge in [-0.25, -0.2) is 9.78 Å². The summed E-state index contributed by atoms with van der Waals surface area (Å²) in [6, 6.07) is 1.62. The van der Waals surface area contributed by atoms with E-state index in [-0.39, 0.29) is 11.4 Å². The van der Waals surface area contributed by atoms with Crippen LogP contribution < -0.4 is 9.47 Å². The number of pyridine rings is 1. The molecule has 0 radical (unpaired) electrons. The average Bonchev–Trinajstić information content (AvgIpc) is 2.46. The third kappa shape index (κ3) is 3.78. The van der Waals surface area contributed by atoms with Crippen LogP contribution in [-0.2, 0) is 4.74 Å². The standard InChI is InChI=1S/C13H17N3O4/c1-5-20-10-6-9(7-15-12(10)18-3)11(14)8(2)16-13(17)19-4/h6-7,14H,5H2,1-4H3/b14-11?,16-8+. The second-order valence-electron chi connectivity index (χ2n) is 3.71. The molecule has 7 heteroatoms. The first kappa shape index (κ1) is 15.6. The first-order valence-electron chi connectivity index (χ1n) is 5.92. The molecule has 1 aromatic heterocycles. The van der Waals surface area contributed by atoms with Crippen molar-refractivity contribution in [2.24, 2.45) is 4.99 Å². The molecule has 7 nitrogen and oxygen atoms in total. The van der Waals surface area contributed by atoms with Gasteiger partial charge in [-0.1, -0.05) is 0 Å². The Morgan fingerprint density at radius 1 is 1.45 bits per heavy atom. The number of nitrogens with zero attached hydrogens (tertiary/aromatic N) is 2. The van der Waals surface area contributed by atoms with E-state index in [1.165, 1.54) is 20.4 Å². The Kier molecular flexibility index (Phi) is 5.64. The highest BCUT2D eigenvalue weighted by molar-refractivity contribution is 6.47. The maximum absolute atomic E-state index is 11.1. The lowest BCUT2D eigenvalue weighted by atomic mass is 10.1. The lowest BCUT2D eigenvalue weighted by molar-refractivity contribution is 0.182. The van der Waals surface area contributed by atoms with Gasteiger partial charge in [0.25, 0.3) is 5.88 Å². The minimum atomic E-state index is -0.751. The number of ether oxygens (including phenoxy) is 3. The number of carbonyl (C=O) groups excluding carboxylic acids is 1. The second kappa shape index (κ2) is 7.22. The molecule has 0 aromatic carbocycles. The molecule has 0 aliphatic heterocycles. The normalized spacial score (nSPS) is 10.9. The summed E-state index contributed by atoms with van der Waals surface area (Å²) >= 11 is 0. The summed E-state index contributed by atoms with van der Waals surface area (Å²) in [4.78, 5) is 18.7. The highest BCUT2D eigenvalue weighted by Crippen LogP contribution is 2.25. The monoisotopic (exact) mass is 279 g/mol. The van der Waals surface area contributed by atoms with Crippen LogP contribution in [0.25, 0.3) is 0 Å². The fourth-order valence-corrected chi connectivity index (χ4v) is 1.43. The molecule has 1 aromatic rings. The molecule has 0 saturated carbocycles. The van der Waals surface area contributed by atoms with E-state index >= 15 is 0 Å². The van der Waals surface area contributed by atoms with Crippen LogP contribution in [0.4, 0.5) is 4.79 Å². The smallest absolute Gasteiger partial charge is 0.433 e. The molecular formula is C13H17N3O4. The molecule has 20 heavy (non-hydrogen) atoms. The zero-order chi connectivity index (χ0) is 15.1. The van der Waals surface area contributed by atoms with Crippen molar-refractivity contribution in [3.63, 3.8) is 0 Å². The number of rotatable bonds is 5. The molecule has 1 N–H and O–H groups in total. The van der Waals surface area contributed by atoms with Crippen LogP contribution in [0.5, 0.6) is 11.6 Å². The van der Waals surface area contributed by atoms with Crippen LogP contribution in [0.2, 0.25) is 0 Å². The van der Waals surface area contributed by atoms with Gasteiger partial charge in [-0.15, -0.1) is 0 Å². The maximum atomic E-state index is 11.1. The third-order valence-electron chi connectivity index (χ3n) is 2.40.